The number of carbonyl (C=O) groups is 1. The zero-order valence-electron chi connectivity index (χ0n) is 16.4. The molecule has 3 N–H and O–H groups in total. The summed E-state index contributed by atoms with van der Waals surface area (Å²) in [6.07, 6.45) is 1.66. The third kappa shape index (κ3) is 10.5. The molecule has 1 rings (SSSR count). The Balaban J connectivity index is 0.00000729. The van der Waals surface area contributed by atoms with Gasteiger partial charge in [-0.3, -0.25) is 9.79 Å². The molecule has 0 saturated carbocycles. The van der Waals surface area contributed by atoms with Gasteiger partial charge < -0.3 is 25.4 Å². The van der Waals surface area contributed by atoms with Crippen molar-refractivity contribution in [3.8, 4) is 11.5 Å². The molecule has 0 fully saturated rings. The molecule has 0 unspecified atom stereocenters. The van der Waals surface area contributed by atoms with Gasteiger partial charge in [-0.1, -0.05) is 13.8 Å². The molecule has 28 heavy (non-hydrogen) atoms. The van der Waals surface area contributed by atoms with Crippen molar-refractivity contribution in [2.24, 2.45) is 4.99 Å². The number of halogens is 3. The smallest absolute Gasteiger partial charge is 0.387 e. The Kier molecular flexibility index (Phi) is 14.1. The second kappa shape index (κ2) is 15.1. The van der Waals surface area contributed by atoms with E-state index in [1.807, 2.05) is 13.8 Å². The highest BCUT2D eigenvalue weighted by Gasteiger charge is 2.12. The monoisotopic (exact) mass is 514 g/mol. The van der Waals surface area contributed by atoms with Gasteiger partial charge in [0.1, 0.15) is 11.5 Å². The number of hydrogen-bond donors (Lipinski definition) is 3. The van der Waals surface area contributed by atoms with E-state index >= 15 is 0 Å². The number of alkyl halides is 2. The summed E-state index contributed by atoms with van der Waals surface area (Å²) in [7, 11) is 1.55. The van der Waals surface area contributed by atoms with Crippen LogP contribution in [0.25, 0.3) is 0 Å². The molecular weight excluding hydrogens is 485 g/mol. The van der Waals surface area contributed by atoms with Crippen LogP contribution >= 0.6 is 24.0 Å². The minimum atomic E-state index is -2.94. The van der Waals surface area contributed by atoms with Gasteiger partial charge >= 0.3 is 6.61 Å². The quantitative estimate of drug-likeness (QED) is 0.240. The Morgan fingerprint density at radius 2 is 1.93 bits per heavy atom. The SMILES string of the molecule is CCCNC(=O)CNC(=NC)NCc1ccc(OCCC)cc1OC(F)F.I. The molecule has 0 saturated heterocycles. The van der Waals surface area contributed by atoms with E-state index in [1.54, 1.807) is 19.2 Å². The van der Waals surface area contributed by atoms with Crippen LogP contribution in [-0.2, 0) is 11.3 Å². The number of rotatable bonds is 11. The number of nitrogens with one attached hydrogen (secondary N) is 3. The Morgan fingerprint density at radius 3 is 2.54 bits per heavy atom. The van der Waals surface area contributed by atoms with Gasteiger partial charge in [0.05, 0.1) is 13.2 Å². The molecule has 0 aromatic heterocycles. The van der Waals surface area contributed by atoms with Crippen molar-refractivity contribution in [3.63, 3.8) is 0 Å². The summed E-state index contributed by atoms with van der Waals surface area (Å²) in [6, 6.07) is 4.78. The highest BCUT2D eigenvalue weighted by molar-refractivity contribution is 14.0. The molecule has 0 radical (unpaired) electrons. The Hall–Kier alpha value is -1.85. The van der Waals surface area contributed by atoms with E-state index in [9.17, 15) is 13.6 Å². The van der Waals surface area contributed by atoms with Gasteiger partial charge in [-0.15, -0.1) is 24.0 Å². The van der Waals surface area contributed by atoms with Crippen LogP contribution in [0, 0.1) is 0 Å². The van der Waals surface area contributed by atoms with Crippen molar-refractivity contribution in [2.75, 3.05) is 26.7 Å². The van der Waals surface area contributed by atoms with E-state index in [1.165, 1.54) is 6.07 Å². The summed E-state index contributed by atoms with van der Waals surface area (Å²) < 4.78 is 35.4. The first kappa shape index (κ1) is 26.1. The first-order valence-electron chi connectivity index (χ1n) is 8.91. The second-order valence-corrected chi connectivity index (χ2v) is 5.63. The first-order chi connectivity index (χ1) is 13.0. The van der Waals surface area contributed by atoms with Gasteiger partial charge in [0.15, 0.2) is 5.96 Å². The van der Waals surface area contributed by atoms with Crippen LogP contribution in [0.4, 0.5) is 8.78 Å². The van der Waals surface area contributed by atoms with E-state index < -0.39 is 6.61 Å². The maximum absolute atomic E-state index is 12.7. The lowest BCUT2D eigenvalue weighted by Gasteiger charge is -2.15. The number of nitrogens with zero attached hydrogens (tertiary/aromatic N) is 1. The lowest BCUT2D eigenvalue weighted by atomic mass is 10.2. The molecule has 0 aliphatic rings. The lowest BCUT2D eigenvalue weighted by molar-refractivity contribution is -0.120. The number of carbonyl (C=O) groups excluding carboxylic acids is 1. The van der Waals surface area contributed by atoms with E-state index in [0.29, 0.717) is 30.4 Å². The van der Waals surface area contributed by atoms with Crippen molar-refractivity contribution in [2.45, 2.75) is 39.8 Å². The molecule has 160 valence electrons. The van der Waals surface area contributed by atoms with Crippen molar-refractivity contribution in [1.82, 2.24) is 16.0 Å². The van der Waals surface area contributed by atoms with Gasteiger partial charge in [0.2, 0.25) is 5.91 Å². The molecule has 0 atom stereocenters. The number of amides is 1. The minimum absolute atomic E-state index is 0. The molecule has 0 bridgehead atoms. The largest absolute Gasteiger partial charge is 0.493 e. The summed E-state index contributed by atoms with van der Waals surface area (Å²) in [5.41, 5.74) is 0.512. The molecule has 0 spiro atoms. The average molecular weight is 514 g/mol. The predicted octanol–water partition coefficient (Wildman–Crippen LogP) is 2.89. The molecule has 1 aromatic carbocycles. The number of ether oxygens (including phenoxy) is 2. The molecule has 0 heterocycles. The normalized spacial score (nSPS) is 10.9. The fourth-order valence-electron chi connectivity index (χ4n) is 2.09. The summed E-state index contributed by atoms with van der Waals surface area (Å²) >= 11 is 0. The minimum Gasteiger partial charge on any atom is -0.493 e. The van der Waals surface area contributed by atoms with Crippen LogP contribution in [0.1, 0.15) is 32.3 Å². The zero-order valence-corrected chi connectivity index (χ0v) is 18.7. The van der Waals surface area contributed by atoms with Crippen LogP contribution in [-0.4, -0.2) is 45.2 Å². The van der Waals surface area contributed by atoms with Gasteiger partial charge in [0, 0.05) is 31.8 Å². The fraction of sp³-hybridized carbons (Fsp3) is 0.556. The second-order valence-electron chi connectivity index (χ2n) is 5.63. The predicted molar refractivity (Wildman–Crippen MR) is 116 cm³/mol. The van der Waals surface area contributed by atoms with E-state index in [0.717, 1.165) is 12.8 Å². The van der Waals surface area contributed by atoms with Gasteiger partial charge in [-0.05, 0) is 25.0 Å². The van der Waals surface area contributed by atoms with Crippen molar-refractivity contribution < 1.29 is 23.0 Å². The number of guanidine groups is 1. The summed E-state index contributed by atoms with van der Waals surface area (Å²) in [6.45, 7) is 2.32. The molecule has 7 nitrogen and oxygen atoms in total. The molecule has 10 heteroatoms. The van der Waals surface area contributed by atoms with Gasteiger partial charge in [0.25, 0.3) is 0 Å². The Bertz CT molecular complexity index is 618. The number of aliphatic imine (C=N–C) groups is 1. The molecule has 1 amide bonds. The third-order valence-electron chi connectivity index (χ3n) is 3.39. The van der Waals surface area contributed by atoms with E-state index in [-0.39, 0.29) is 48.7 Å². The maximum Gasteiger partial charge on any atom is 0.387 e. The first-order valence-corrected chi connectivity index (χ1v) is 8.91. The molecular formula is C18H29F2IN4O3. The average Bonchev–Trinajstić information content (AvgIpc) is 2.65. The van der Waals surface area contributed by atoms with Crippen molar-refractivity contribution >= 4 is 35.8 Å². The van der Waals surface area contributed by atoms with Gasteiger partial charge in [-0.2, -0.15) is 8.78 Å². The summed E-state index contributed by atoms with van der Waals surface area (Å²) in [5, 5.41) is 8.57. The number of benzene rings is 1. The third-order valence-corrected chi connectivity index (χ3v) is 3.39. The Morgan fingerprint density at radius 1 is 1.18 bits per heavy atom. The van der Waals surface area contributed by atoms with Crippen LogP contribution in [0.2, 0.25) is 0 Å². The van der Waals surface area contributed by atoms with E-state index in [2.05, 4.69) is 25.7 Å². The Labute approximate surface area is 181 Å². The van der Waals surface area contributed by atoms with E-state index in [4.69, 9.17) is 4.74 Å². The van der Waals surface area contributed by atoms with Crippen LogP contribution in [0.15, 0.2) is 23.2 Å². The topological polar surface area (TPSA) is 84.0 Å². The highest BCUT2D eigenvalue weighted by Crippen LogP contribution is 2.26. The number of hydrogen-bond acceptors (Lipinski definition) is 4. The summed E-state index contributed by atoms with van der Waals surface area (Å²) in [5.74, 6) is 0.712. The zero-order chi connectivity index (χ0) is 20.1. The van der Waals surface area contributed by atoms with Crippen LogP contribution in [0.3, 0.4) is 0 Å². The summed E-state index contributed by atoms with van der Waals surface area (Å²) in [4.78, 5) is 15.6. The van der Waals surface area contributed by atoms with Gasteiger partial charge in [-0.25, -0.2) is 0 Å². The van der Waals surface area contributed by atoms with Crippen LogP contribution < -0.4 is 25.4 Å². The fourth-order valence-corrected chi connectivity index (χ4v) is 2.09. The van der Waals surface area contributed by atoms with Crippen molar-refractivity contribution in [3.05, 3.63) is 23.8 Å². The van der Waals surface area contributed by atoms with Crippen LogP contribution in [0.5, 0.6) is 11.5 Å². The molecule has 1 aromatic rings. The maximum atomic E-state index is 12.7. The molecule has 0 aliphatic heterocycles. The molecule has 0 aliphatic carbocycles. The highest BCUT2D eigenvalue weighted by atomic mass is 127. The lowest BCUT2D eigenvalue weighted by Crippen LogP contribution is -2.43. The standard InChI is InChI=1S/C18H28F2N4O3.HI/c1-4-8-22-16(25)12-24-18(21-3)23-11-13-6-7-14(26-9-5-2)10-15(13)27-17(19)20;/h6-7,10,17H,4-5,8-9,11-12H2,1-3H3,(H,22,25)(H2,21,23,24);1H. The van der Waals surface area contributed by atoms with Crippen molar-refractivity contribution in [1.29, 1.82) is 0 Å².